The number of para-hydroxylation sites is 1. The zero-order valence-corrected chi connectivity index (χ0v) is 19.0. The molecule has 0 aliphatic rings. The van der Waals surface area contributed by atoms with Crippen molar-refractivity contribution in [3.05, 3.63) is 105 Å². The Labute approximate surface area is 199 Å². The molecule has 3 aromatic carbocycles. The van der Waals surface area contributed by atoms with E-state index in [9.17, 15) is 27.7 Å². The summed E-state index contributed by atoms with van der Waals surface area (Å²) in [6, 6.07) is 16.4. The average molecular weight is 505 g/mol. The van der Waals surface area contributed by atoms with Gasteiger partial charge in [0.1, 0.15) is 5.82 Å². The standard InChI is InChI=1S/C22H18ClFN4O5S/c23-18-7-11-20(12-8-18)34(32,33)27(14-16-5-9-19(24)10-6-16)15-22(29)26-25-13-17-3-1-2-4-21(17)28(30)31/h1-13H,14-15H2,(H,26,29)/b25-13-. The second-order valence-electron chi connectivity index (χ2n) is 6.96. The number of sulfonamides is 1. The summed E-state index contributed by atoms with van der Waals surface area (Å²) in [7, 11) is -4.14. The molecular formula is C22H18ClFN4O5S. The van der Waals surface area contributed by atoms with Gasteiger partial charge in [0.25, 0.3) is 11.6 Å². The third-order valence-electron chi connectivity index (χ3n) is 4.57. The Kier molecular flexibility index (Phi) is 8.05. The molecule has 0 aromatic heterocycles. The highest BCUT2D eigenvalue weighted by Crippen LogP contribution is 2.21. The van der Waals surface area contributed by atoms with E-state index in [0.717, 1.165) is 10.5 Å². The summed E-state index contributed by atoms with van der Waals surface area (Å²) in [4.78, 5) is 22.9. The van der Waals surface area contributed by atoms with Crippen LogP contribution in [0.5, 0.6) is 0 Å². The molecule has 1 amide bonds. The molecule has 1 N–H and O–H groups in total. The van der Waals surface area contributed by atoms with Crippen LogP contribution in [0.3, 0.4) is 0 Å². The lowest BCUT2D eigenvalue weighted by Crippen LogP contribution is -2.39. The number of hydrogen-bond acceptors (Lipinski definition) is 6. The molecule has 0 aliphatic carbocycles. The first-order chi connectivity index (χ1) is 16.2. The molecular weight excluding hydrogens is 487 g/mol. The van der Waals surface area contributed by atoms with E-state index in [-0.39, 0.29) is 22.7 Å². The van der Waals surface area contributed by atoms with Crippen molar-refractivity contribution < 1.29 is 22.5 Å². The van der Waals surface area contributed by atoms with Crippen molar-refractivity contribution in [1.29, 1.82) is 0 Å². The van der Waals surface area contributed by atoms with E-state index in [1.807, 2.05) is 0 Å². The van der Waals surface area contributed by atoms with E-state index in [4.69, 9.17) is 11.6 Å². The number of nitro benzene ring substituents is 1. The van der Waals surface area contributed by atoms with Gasteiger partial charge in [-0.25, -0.2) is 18.2 Å². The Morgan fingerprint density at radius 3 is 2.38 bits per heavy atom. The van der Waals surface area contributed by atoms with Crippen molar-refractivity contribution >= 4 is 39.4 Å². The number of benzene rings is 3. The van der Waals surface area contributed by atoms with E-state index in [1.165, 1.54) is 66.7 Å². The molecule has 34 heavy (non-hydrogen) atoms. The fourth-order valence-electron chi connectivity index (χ4n) is 2.91. The molecule has 3 aromatic rings. The SMILES string of the molecule is O=C(CN(Cc1ccc(F)cc1)S(=O)(=O)c1ccc(Cl)cc1)N/N=C\c1ccccc1[N+](=O)[O-]. The molecule has 0 saturated heterocycles. The maximum Gasteiger partial charge on any atom is 0.278 e. The van der Waals surface area contributed by atoms with Crippen molar-refractivity contribution in [2.24, 2.45) is 5.10 Å². The summed E-state index contributed by atoms with van der Waals surface area (Å²) in [5.41, 5.74) is 2.58. The molecule has 0 saturated carbocycles. The summed E-state index contributed by atoms with van der Waals surface area (Å²) >= 11 is 5.84. The largest absolute Gasteiger partial charge is 0.278 e. The van der Waals surface area contributed by atoms with E-state index in [0.29, 0.717) is 10.6 Å². The highest BCUT2D eigenvalue weighted by atomic mass is 35.5. The summed E-state index contributed by atoms with van der Waals surface area (Å²) in [6.07, 6.45) is 1.09. The third kappa shape index (κ3) is 6.44. The second-order valence-corrected chi connectivity index (χ2v) is 9.34. The number of nitrogens with zero attached hydrogens (tertiary/aromatic N) is 3. The molecule has 0 spiro atoms. The molecule has 0 bridgehead atoms. The fraction of sp³-hybridized carbons (Fsp3) is 0.0909. The van der Waals surface area contributed by atoms with Gasteiger partial charge in [-0.05, 0) is 48.0 Å². The molecule has 3 rings (SSSR count). The number of hydrogen-bond donors (Lipinski definition) is 1. The number of carbonyl (C=O) groups is 1. The lowest BCUT2D eigenvalue weighted by molar-refractivity contribution is -0.385. The van der Waals surface area contributed by atoms with Crippen LogP contribution in [0.4, 0.5) is 10.1 Å². The summed E-state index contributed by atoms with van der Waals surface area (Å²) < 4.78 is 40.5. The molecule has 12 heteroatoms. The maximum absolute atomic E-state index is 13.3. The molecule has 0 atom stereocenters. The van der Waals surface area contributed by atoms with Crippen molar-refractivity contribution in [3.63, 3.8) is 0 Å². The molecule has 0 radical (unpaired) electrons. The van der Waals surface area contributed by atoms with E-state index in [1.54, 1.807) is 6.07 Å². The van der Waals surface area contributed by atoms with Crippen LogP contribution in [-0.2, 0) is 21.4 Å². The van der Waals surface area contributed by atoms with E-state index >= 15 is 0 Å². The van der Waals surface area contributed by atoms with Crippen LogP contribution in [0, 0.1) is 15.9 Å². The van der Waals surface area contributed by atoms with E-state index in [2.05, 4.69) is 10.5 Å². The smallest absolute Gasteiger partial charge is 0.272 e. The van der Waals surface area contributed by atoms with Crippen LogP contribution in [0.2, 0.25) is 5.02 Å². The Balaban J connectivity index is 1.80. The van der Waals surface area contributed by atoms with Crippen LogP contribution in [0.1, 0.15) is 11.1 Å². The quantitative estimate of drug-likeness (QED) is 0.270. The molecule has 0 unspecified atom stereocenters. The molecule has 0 heterocycles. The van der Waals surface area contributed by atoms with Crippen LogP contribution < -0.4 is 5.43 Å². The molecule has 9 nitrogen and oxygen atoms in total. The van der Waals surface area contributed by atoms with Gasteiger partial charge in [0.2, 0.25) is 10.0 Å². The van der Waals surface area contributed by atoms with Gasteiger partial charge in [-0.1, -0.05) is 35.9 Å². The number of carbonyl (C=O) groups excluding carboxylic acids is 1. The predicted octanol–water partition coefficient (Wildman–Crippen LogP) is 3.73. The minimum atomic E-state index is -4.14. The minimum absolute atomic E-state index is 0.0878. The second kappa shape index (κ2) is 11.0. The Morgan fingerprint density at radius 2 is 1.74 bits per heavy atom. The third-order valence-corrected chi connectivity index (χ3v) is 6.63. The van der Waals surface area contributed by atoms with Crippen molar-refractivity contribution in [1.82, 2.24) is 9.73 Å². The predicted molar refractivity (Wildman–Crippen MR) is 124 cm³/mol. The highest BCUT2D eigenvalue weighted by molar-refractivity contribution is 7.89. The zero-order valence-electron chi connectivity index (χ0n) is 17.5. The highest BCUT2D eigenvalue weighted by Gasteiger charge is 2.27. The number of halogens is 2. The van der Waals surface area contributed by atoms with Crippen LogP contribution in [0.15, 0.2) is 82.8 Å². The number of rotatable bonds is 9. The van der Waals surface area contributed by atoms with Gasteiger partial charge in [-0.15, -0.1) is 0 Å². The lowest BCUT2D eigenvalue weighted by Gasteiger charge is -2.21. The maximum atomic E-state index is 13.3. The Bertz CT molecular complexity index is 1320. The van der Waals surface area contributed by atoms with Gasteiger partial charge in [0.15, 0.2) is 0 Å². The molecule has 0 aliphatic heterocycles. The normalized spacial score (nSPS) is 11.6. The first kappa shape index (κ1) is 25.0. The number of nitro groups is 1. The number of amides is 1. The monoisotopic (exact) mass is 504 g/mol. The van der Waals surface area contributed by atoms with Crippen LogP contribution in [-0.4, -0.2) is 36.3 Å². The number of nitrogens with one attached hydrogen (secondary N) is 1. The van der Waals surface area contributed by atoms with Crippen LogP contribution in [0.25, 0.3) is 0 Å². The summed E-state index contributed by atoms with van der Waals surface area (Å²) in [5.74, 6) is -1.27. The first-order valence-corrected chi connectivity index (χ1v) is 11.5. The van der Waals surface area contributed by atoms with Gasteiger partial charge in [-0.2, -0.15) is 9.41 Å². The average Bonchev–Trinajstić information content (AvgIpc) is 2.80. The summed E-state index contributed by atoms with van der Waals surface area (Å²) in [5, 5.41) is 15.1. The van der Waals surface area contributed by atoms with Crippen molar-refractivity contribution in [2.75, 3.05) is 6.54 Å². The van der Waals surface area contributed by atoms with Crippen molar-refractivity contribution in [2.45, 2.75) is 11.4 Å². The lowest BCUT2D eigenvalue weighted by atomic mass is 10.2. The number of hydrazone groups is 1. The topological polar surface area (TPSA) is 122 Å². The van der Waals surface area contributed by atoms with Crippen LogP contribution >= 0.6 is 11.6 Å². The van der Waals surface area contributed by atoms with E-state index < -0.39 is 33.2 Å². The van der Waals surface area contributed by atoms with Gasteiger partial charge < -0.3 is 0 Å². The van der Waals surface area contributed by atoms with Crippen molar-refractivity contribution in [3.8, 4) is 0 Å². The Hall–Kier alpha value is -3.67. The van der Waals surface area contributed by atoms with Gasteiger partial charge in [0.05, 0.1) is 28.1 Å². The fourth-order valence-corrected chi connectivity index (χ4v) is 4.42. The van der Waals surface area contributed by atoms with Gasteiger partial charge in [-0.3, -0.25) is 14.9 Å². The molecule has 176 valence electrons. The molecule has 0 fully saturated rings. The zero-order chi connectivity index (χ0) is 24.7. The first-order valence-electron chi connectivity index (χ1n) is 9.72. The minimum Gasteiger partial charge on any atom is -0.272 e. The Morgan fingerprint density at radius 1 is 1.09 bits per heavy atom. The van der Waals surface area contributed by atoms with Gasteiger partial charge in [0, 0.05) is 17.6 Å². The van der Waals surface area contributed by atoms with Gasteiger partial charge >= 0.3 is 0 Å². The summed E-state index contributed by atoms with van der Waals surface area (Å²) in [6.45, 7) is -0.830.